The van der Waals surface area contributed by atoms with Gasteiger partial charge in [-0.15, -0.1) is 6.58 Å². The molecule has 0 spiro atoms. The van der Waals surface area contributed by atoms with Crippen LogP contribution in [0.2, 0.25) is 0 Å². The van der Waals surface area contributed by atoms with Crippen LogP contribution in [0.5, 0.6) is 11.5 Å². The monoisotopic (exact) mass is 458 g/mol. The number of ketones is 1. The number of fused-ring (bicyclic) bond motifs is 1. The summed E-state index contributed by atoms with van der Waals surface area (Å²) in [7, 11) is 2.66. The number of hydrogen-bond donors (Lipinski definition) is 0. The third-order valence-electron chi connectivity index (χ3n) is 5.44. The molecule has 0 fully saturated rings. The fraction of sp³-hybridized carbons (Fsp3) is 0.462. The van der Waals surface area contributed by atoms with E-state index in [2.05, 4.69) is 6.58 Å². The van der Waals surface area contributed by atoms with Gasteiger partial charge in [0.15, 0.2) is 17.3 Å². The van der Waals surface area contributed by atoms with Gasteiger partial charge >= 0.3 is 5.97 Å². The lowest BCUT2D eigenvalue weighted by Gasteiger charge is -2.36. The number of rotatable bonds is 9. The van der Waals surface area contributed by atoms with Crippen LogP contribution in [0.15, 0.2) is 48.8 Å². The van der Waals surface area contributed by atoms with E-state index in [1.165, 1.54) is 26.6 Å². The van der Waals surface area contributed by atoms with Gasteiger partial charge in [0.2, 0.25) is 0 Å². The zero-order valence-electron chi connectivity index (χ0n) is 20.5. The highest BCUT2D eigenvalue weighted by atomic mass is 16.6. The van der Waals surface area contributed by atoms with E-state index in [-0.39, 0.29) is 17.5 Å². The molecule has 0 aliphatic carbocycles. The van der Waals surface area contributed by atoms with Crippen molar-refractivity contribution in [3.63, 3.8) is 0 Å². The van der Waals surface area contributed by atoms with Crippen molar-refractivity contribution in [2.75, 3.05) is 20.8 Å². The number of benzene rings is 1. The molecule has 0 radical (unpaired) electrons. The molecule has 0 amide bonds. The predicted octanol–water partition coefficient (Wildman–Crippen LogP) is 4.51. The van der Waals surface area contributed by atoms with Crippen LogP contribution in [-0.4, -0.2) is 49.9 Å². The van der Waals surface area contributed by atoms with E-state index in [0.29, 0.717) is 18.1 Å². The number of carbonyl (C=O) groups excluding carboxylic acids is 2. The third kappa shape index (κ3) is 6.71. The Morgan fingerprint density at radius 2 is 1.94 bits per heavy atom. The van der Waals surface area contributed by atoms with Crippen molar-refractivity contribution < 1.29 is 33.3 Å². The Morgan fingerprint density at radius 3 is 2.55 bits per heavy atom. The summed E-state index contributed by atoms with van der Waals surface area (Å²) in [5, 5.41) is 0. The highest BCUT2D eigenvalue weighted by molar-refractivity contribution is 6.03. The lowest BCUT2D eigenvalue weighted by molar-refractivity contribution is -0.137. The molecule has 0 saturated heterocycles. The van der Waals surface area contributed by atoms with Crippen LogP contribution in [0.1, 0.15) is 40.2 Å². The molecule has 1 aliphatic heterocycles. The highest BCUT2D eigenvalue weighted by Crippen LogP contribution is 2.37. The van der Waals surface area contributed by atoms with E-state index in [0.717, 1.165) is 5.56 Å². The van der Waals surface area contributed by atoms with Crippen LogP contribution in [0.3, 0.4) is 0 Å². The molecule has 0 saturated carbocycles. The summed E-state index contributed by atoms with van der Waals surface area (Å²) in [5.74, 6) is -0.450. The largest absolute Gasteiger partial charge is 0.504 e. The minimum Gasteiger partial charge on any atom is -0.504 e. The maximum Gasteiger partial charge on any atom is 0.337 e. The molecule has 0 bridgehead atoms. The first-order valence-electron chi connectivity index (χ1n) is 10.7. The minimum absolute atomic E-state index is 0.142. The molecule has 7 heteroatoms. The smallest absolute Gasteiger partial charge is 0.337 e. The number of carbonyl (C=O) groups is 2. The first-order chi connectivity index (χ1) is 15.4. The van der Waals surface area contributed by atoms with Crippen LogP contribution in [0, 0.1) is 5.92 Å². The maximum absolute atomic E-state index is 12.6. The highest BCUT2D eigenvalue weighted by Gasteiger charge is 2.39. The zero-order chi connectivity index (χ0) is 24.8. The van der Waals surface area contributed by atoms with E-state index >= 15 is 0 Å². The quantitative estimate of drug-likeness (QED) is 0.233. The van der Waals surface area contributed by atoms with Gasteiger partial charge in [-0.25, -0.2) is 4.79 Å². The van der Waals surface area contributed by atoms with Crippen molar-refractivity contribution in [1.82, 2.24) is 0 Å². The van der Waals surface area contributed by atoms with Crippen LogP contribution in [0.25, 0.3) is 6.08 Å². The van der Waals surface area contributed by atoms with Gasteiger partial charge in [-0.05, 0) is 51.5 Å². The molecule has 180 valence electrons. The lowest BCUT2D eigenvalue weighted by Crippen LogP contribution is -2.49. The summed E-state index contributed by atoms with van der Waals surface area (Å²) in [6.07, 6.45) is 5.72. The van der Waals surface area contributed by atoms with Crippen molar-refractivity contribution in [2.45, 2.75) is 51.9 Å². The molecule has 2 unspecified atom stereocenters. The normalized spacial score (nSPS) is 18.9. The molecule has 0 aromatic heterocycles. The van der Waals surface area contributed by atoms with E-state index in [1.807, 2.05) is 33.8 Å². The minimum atomic E-state index is -0.723. The molecule has 1 heterocycles. The molecular weight excluding hydrogens is 424 g/mol. The average Bonchev–Trinajstić information content (AvgIpc) is 2.89. The topological polar surface area (TPSA) is 80.3 Å². The Bertz CT molecular complexity index is 940. The standard InChI is InChI=1S/C26H34O7/c1-9-25(3,4)33-23-16-31-21-13-11-18(14-22(21)32-26(23,5)6)10-12-20(27)17(2)19(15-29-7)24(28)30-8/h9-15,17,23H,1,16H2,2-8H3. The maximum atomic E-state index is 12.6. The second-order valence-electron chi connectivity index (χ2n) is 8.89. The fourth-order valence-corrected chi connectivity index (χ4v) is 3.18. The van der Waals surface area contributed by atoms with Crippen molar-refractivity contribution in [1.29, 1.82) is 0 Å². The van der Waals surface area contributed by atoms with Gasteiger partial charge in [-0.3, -0.25) is 4.79 Å². The first-order valence-corrected chi connectivity index (χ1v) is 10.7. The predicted molar refractivity (Wildman–Crippen MR) is 126 cm³/mol. The SMILES string of the molecule is C=CC(C)(C)OC1COc2ccc(C=CC(=O)C(C)C(=COC)C(=O)OC)cc2OC1(C)C. The van der Waals surface area contributed by atoms with Crippen molar-refractivity contribution in [2.24, 2.45) is 5.92 Å². The molecule has 1 aliphatic rings. The number of allylic oxidation sites excluding steroid dienone is 1. The summed E-state index contributed by atoms with van der Waals surface area (Å²) in [6, 6.07) is 5.42. The Balaban J connectivity index is 2.21. The van der Waals surface area contributed by atoms with Gasteiger partial charge in [0.1, 0.15) is 18.3 Å². The molecule has 0 N–H and O–H groups in total. The van der Waals surface area contributed by atoms with Crippen LogP contribution >= 0.6 is 0 Å². The summed E-state index contributed by atoms with van der Waals surface area (Å²) in [6.45, 7) is 13.5. The number of ether oxygens (including phenoxy) is 5. The Morgan fingerprint density at radius 1 is 1.24 bits per heavy atom. The van der Waals surface area contributed by atoms with Gasteiger partial charge in [0, 0.05) is 0 Å². The van der Waals surface area contributed by atoms with Gasteiger partial charge in [0.25, 0.3) is 0 Å². The zero-order valence-corrected chi connectivity index (χ0v) is 20.5. The molecule has 2 atom stereocenters. The van der Waals surface area contributed by atoms with Crippen molar-refractivity contribution >= 4 is 17.8 Å². The molecule has 1 aromatic rings. The fourth-order valence-electron chi connectivity index (χ4n) is 3.18. The van der Waals surface area contributed by atoms with Crippen LogP contribution in [-0.2, 0) is 23.8 Å². The first kappa shape index (κ1) is 26.2. The van der Waals surface area contributed by atoms with Crippen molar-refractivity contribution in [3.05, 3.63) is 54.3 Å². The summed E-state index contributed by atoms with van der Waals surface area (Å²) >= 11 is 0. The van der Waals surface area contributed by atoms with E-state index in [1.54, 1.807) is 31.2 Å². The van der Waals surface area contributed by atoms with Gasteiger partial charge in [-0.2, -0.15) is 0 Å². The third-order valence-corrected chi connectivity index (χ3v) is 5.44. The number of methoxy groups -OCH3 is 2. The van der Waals surface area contributed by atoms with E-state index in [4.69, 9.17) is 23.7 Å². The lowest BCUT2D eigenvalue weighted by atomic mass is 9.96. The van der Waals surface area contributed by atoms with Gasteiger partial charge in [0.05, 0.1) is 37.6 Å². The molecule has 7 nitrogen and oxygen atoms in total. The number of hydrogen-bond acceptors (Lipinski definition) is 7. The number of esters is 1. The average molecular weight is 459 g/mol. The van der Waals surface area contributed by atoms with Crippen LogP contribution in [0.4, 0.5) is 0 Å². The van der Waals surface area contributed by atoms with Gasteiger partial charge in [-0.1, -0.05) is 25.1 Å². The van der Waals surface area contributed by atoms with Gasteiger partial charge < -0.3 is 23.7 Å². The second-order valence-corrected chi connectivity index (χ2v) is 8.89. The second kappa shape index (κ2) is 10.7. The van der Waals surface area contributed by atoms with Crippen molar-refractivity contribution in [3.8, 4) is 11.5 Å². The summed E-state index contributed by atoms with van der Waals surface area (Å²) in [4.78, 5) is 24.5. The molecular formula is C26H34O7. The molecule has 33 heavy (non-hydrogen) atoms. The molecule has 2 rings (SSSR count). The van der Waals surface area contributed by atoms with E-state index < -0.39 is 23.1 Å². The Labute approximate surface area is 196 Å². The van der Waals surface area contributed by atoms with Crippen LogP contribution < -0.4 is 9.47 Å². The molecule has 1 aromatic carbocycles. The Hall–Kier alpha value is -3.06. The Kier molecular flexibility index (Phi) is 8.50. The summed E-state index contributed by atoms with van der Waals surface area (Å²) < 4.78 is 28.0. The van der Waals surface area contributed by atoms with E-state index in [9.17, 15) is 9.59 Å². The summed E-state index contributed by atoms with van der Waals surface area (Å²) in [5.41, 5.74) is -0.312.